The molecule has 3 nitrogen and oxygen atoms in total. The zero-order chi connectivity index (χ0) is 13.3. The number of aliphatic hydroxyl groups is 1. The Hall–Kier alpha value is -1.15. The van der Waals surface area contributed by atoms with Gasteiger partial charge in [-0.1, -0.05) is 6.07 Å². The minimum Gasteiger partial charge on any atom is -0.383 e. The molecular formula is C9H8F4O3S. The molecule has 0 bridgehead atoms. The third-order valence-electron chi connectivity index (χ3n) is 1.91. The lowest BCUT2D eigenvalue weighted by molar-refractivity contribution is -0.196. The van der Waals surface area contributed by atoms with Gasteiger partial charge in [0, 0.05) is 0 Å². The maximum Gasteiger partial charge on any atom is 0.415 e. The van der Waals surface area contributed by atoms with E-state index in [0.29, 0.717) is 6.07 Å². The normalized spacial score (nSPS) is 14.6. The zero-order valence-corrected chi connectivity index (χ0v) is 9.09. The summed E-state index contributed by atoms with van der Waals surface area (Å²) in [7, 11) is -4.38. The van der Waals surface area contributed by atoms with E-state index in [1.165, 1.54) is 0 Å². The maximum atomic E-state index is 12.7. The molecule has 0 heterocycles. The Morgan fingerprint density at radius 1 is 1.29 bits per heavy atom. The molecule has 1 unspecified atom stereocenters. The van der Waals surface area contributed by atoms with Crippen LogP contribution in [0.5, 0.6) is 0 Å². The van der Waals surface area contributed by atoms with E-state index in [9.17, 15) is 26.0 Å². The summed E-state index contributed by atoms with van der Waals surface area (Å²) in [6, 6.07) is 3.57. The fraction of sp³-hybridized carbons (Fsp3) is 0.333. The topological polar surface area (TPSA) is 54.4 Å². The number of aliphatic hydroxyl groups excluding tert-OH is 1. The van der Waals surface area contributed by atoms with E-state index in [1.54, 1.807) is 0 Å². The molecule has 0 aliphatic heterocycles. The average molecular weight is 272 g/mol. The lowest BCUT2D eigenvalue weighted by atomic mass is 10.3. The number of alkyl halides is 3. The van der Waals surface area contributed by atoms with Crippen molar-refractivity contribution in [1.82, 2.24) is 0 Å². The van der Waals surface area contributed by atoms with Crippen LogP contribution in [0.4, 0.5) is 17.6 Å². The first-order valence-electron chi connectivity index (χ1n) is 4.36. The highest BCUT2D eigenvalue weighted by Gasteiger charge is 2.41. The van der Waals surface area contributed by atoms with Gasteiger partial charge in [-0.3, -0.25) is 0 Å². The van der Waals surface area contributed by atoms with Crippen LogP contribution in [-0.4, -0.2) is 31.6 Å². The van der Waals surface area contributed by atoms with Crippen LogP contribution in [0.25, 0.3) is 0 Å². The molecule has 0 radical (unpaired) electrons. The molecule has 1 aromatic carbocycles. The summed E-state index contributed by atoms with van der Waals surface area (Å²) >= 11 is 0. The van der Waals surface area contributed by atoms with Crippen LogP contribution in [0.15, 0.2) is 29.2 Å². The van der Waals surface area contributed by atoms with Gasteiger partial charge in [-0.25, -0.2) is 12.8 Å². The van der Waals surface area contributed by atoms with Gasteiger partial charge in [0.05, 0.1) is 10.6 Å². The Balaban J connectivity index is 2.98. The summed E-state index contributed by atoms with van der Waals surface area (Å²) < 4.78 is 71.5. The van der Waals surface area contributed by atoms with Crippen molar-refractivity contribution < 1.29 is 31.1 Å². The minimum atomic E-state index is -5.03. The molecule has 0 aromatic heterocycles. The van der Waals surface area contributed by atoms with E-state index in [0.717, 1.165) is 18.2 Å². The Labute approximate surface area is 94.6 Å². The SMILES string of the molecule is O=S(=O)(CC(O)C(F)(F)F)c1cccc(F)c1. The highest BCUT2D eigenvalue weighted by atomic mass is 32.2. The number of halogens is 4. The van der Waals surface area contributed by atoms with Crippen molar-refractivity contribution in [2.24, 2.45) is 0 Å². The van der Waals surface area contributed by atoms with Gasteiger partial charge in [0.1, 0.15) is 5.82 Å². The third kappa shape index (κ3) is 3.67. The number of rotatable bonds is 3. The summed E-state index contributed by atoms with van der Waals surface area (Å²) in [6.45, 7) is 0. The average Bonchev–Trinajstić information content (AvgIpc) is 2.15. The van der Waals surface area contributed by atoms with Crippen molar-refractivity contribution in [2.45, 2.75) is 17.2 Å². The van der Waals surface area contributed by atoms with Gasteiger partial charge in [-0.2, -0.15) is 13.2 Å². The monoisotopic (exact) mass is 272 g/mol. The Morgan fingerprint density at radius 3 is 2.35 bits per heavy atom. The summed E-state index contributed by atoms with van der Waals surface area (Å²) in [5, 5.41) is 8.65. The molecule has 96 valence electrons. The second kappa shape index (κ2) is 4.61. The first kappa shape index (κ1) is 13.9. The lowest BCUT2D eigenvalue weighted by Gasteiger charge is -2.14. The van der Waals surface area contributed by atoms with Gasteiger partial charge in [0.2, 0.25) is 0 Å². The summed E-state index contributed by atoms with van der Waals surface area (Å²) in [5.41, 5.74) is 0. The van der Waals surface area contributed by atoms with E-state index in [4.69, 9.17) is 5.11 Å². The quantitative estimate of drug-likeness (QED) is 0.849. The van der Waals surface area contributed by atoms with Gasteiger partial charge in [0.25, 0.3) is 0 Å². The first-order valence-corrected chi connectivity index (χ1v) is 6.01. The highest BCUT2D eigenvalue weighted by molar-refractivity contribution is 7.91. The summed E-state index contributed by atoms with van der Waals surface area (Å²) in [5.74, 6) is -2.41. The van der Waals surface area contributed by atoms with Crippen molar-refractivity contribution >= 4 is 9.84 Å². The molecule has 0 amide bonds. The van der Waals surface area contributed by atoms with Crippen LogP contribution in [0, 0.1) is 5.82 Å². The van der Waals surface area contributed by atoms with Crippen molar-refractivity contribution in [3.05, 3.63) is 30.1 Å². The van der Waals surface area contributed by atoms with Crippen molar-refractivity contribution in [3.8, 4) is 0 Å². The molecule has 0 aliphatic carbocycles. The zero-order valence-electron chi connectivity index (χ0n) is 8.28. The second-order valence-electron chi connectivity index (χ2n) is 3.30. The molecule has 0 saturated carbocycles. The smallest absolute Gasteiger partial charge is 0.383 e. The van der Waals surface area contributed by atoms with E-state index >= 15 is 0 Å². The van der Waals surface area contributed by atoms with Crippen LogP contribution in [0.2, 0.25) is 0 Å². The number of benzene rings is 1. The molecular weight excluding hydrogens is 264 g/mol. The van der Waals surface area contributed by atoms with Crippen molar-refractivity contribution in [3.63, 3.8) is 0 Å². The molecule has 0 saturated heterocycles. The van der Waals surface area contributed by atoms with Gasteiger partial charge in [-0.05, 0) is 18.2 Å². The van der Waals surface area contributed by atoms with Crippen molar-refractivity contribution in [2.75, 3.05) is 5.75 Å². The van der Waals surface area contributed by atoms with Crippen LogP contribution in [0.3, 0.4) is 0 Å². The fourth-order valence-electron chi connectivity index (χ4n) is 1.06. The summed E-state index contributed by atoms with van der Waals surface area (Å²) in [4.78, 5) is -0.596. The molecule has 17 heavy (non-hydrogen) atoms. The Kier molecular flexibility index (Phi) is 3.78. The van der Waals surface area contributed by atoms with E-state index in [1.807, 2.05) is 0 Å². The number of hydrogen-bond donors (Lipinski definition) is 1. The van der Waals surface area contributed by atoms with E-state index < -0.39 is 38.6 Å². The van der Waals surface area contributed by atoms with Crippen LogP contribution in [-0.2, 0) is 9.84 Å². The predicted molar refractivity (Wildman–Crippen MR) is 50.5 cm³/mol. The number of hydrogen-bond acceptors (Lipinski definition) is 3. The van der Waals surface area contributed by atoms with Gasteiger partial charge in [-0.15, -0.1) is 0 Å². The molecule has 1 N–H and O–H groups in total. The molecule has 0 fully saturated rings. The van der Waals surface area contributed by atoms with E-state index in [2.05, 4.69) is 0 Å². The molecule has 0 aliphatic rings. The highest BCUT2D eigenvalue weighted by Crippen LogP contribution is 2.23. The third-order valence-corrected chi connectivity index (χ3v) is 3.64. The van der Waals surface area contributed by atoms with Gasteiger partial charge in [0.15, 0.2) is 15.9 Å². The van der Waals surface area contributed by atoms with Gasteiger partial charge < -0.3 is 5.11 Å². The van der Waals surface area contributed by atoms with Crippen molar-refractivity contribution in [1.29, 1.82) is 0 Å². The largest absolute Gasteiger partial charge is 0.415 e. The van der Waals surface area contributed by atoms with E-state index in [-0.39, 0.29) is 0 Å². The standard InChI is InChI=1S/C9H8F4O3S/c10-6-2-1-3-7(4-6)17(15,16)5-8(14)9(11,12)13/h1-4,8,14H,5H2. The maximum absolute atomic E-state index is 12.7. The molecule has 1 rings (SSSR count). The Morgan fingerprint density at radius 2 is 1.88 bits per heavy atom. The molecule has 0 spiro atoms. The number of sulfone groups is 1. The predicted octanol–water partition coefficient (Wildman–Crippen LogP) is 1.52. The lowest BCUT2D eigenvalue weighted by Crippen LogP contribution is -2.35. The second-order valence-corrected chi connectivity index (χ2v) is 5.33. The summed E-state index contributed by atoms with van der Waals surface area (Å²) in [6.07, 6.45) is -8.02. The Bertz CT molecular complexity index is 495. The fourth-order valence-corrected chi connectivity index (χ4v) is 2.43. The first-order chi connectivity index (χ1) is 7.63. The van der Waals surface area contributed by atoms with Crippen LogP contribution < -0.4 is 0 Å². The molecule has 1 aromatic rings. The van der Waals surface area contributed by atoms with Gasteiger partial charge >= 0.3 is 6.18 Å². The van der Waals surface area contributed by atoms with Crippen LogP contribution >= 0.6 is 0 Å². The molecule has 8 heteroatoms. The van der Waals surface area contributed by atoms with Crippen LogP contribution in [0.1, 0.15) is 0 Å². The molecule has 1 atom stereocenters. The minimum absolute atomic E-state index is 0.596.